The topological polar surface area (TPSA) is 38.5 Å². The highest BCUT2D eigenvalue weighted by molar-refractivity contribution is 9.10. The largest absolute Gasteiger partial charge is 0.487 e. The summed E-state index contributed by atoms with van der Waals surface area (Å²) in [6.45, 7) is 4.13. The number of rotatable bonds is 4. The van der Waals surface area contributed by atoms with E-state index in [9.17, 15) is 0 Å². The average molecular weight is 325 g/mol. The van der Waals surface area contributed by atoms with Gasteiger partial charge in [-0.05, 0) is 60.4 Å². The van der Waals surface area contributed by atoms with Crippen LogP contribution in [0.3, 0.4) is 0 Å². The summed E-state index contributed by atoms with van der Waals surface area (Å²) in [5.41, 5.74) is 7.67. The lowest BCUT2D eigenvalue weighted by Crippen LogP contribution is -2.51. The molecule has 1 atom stereocenters. The maximum atomic E-state index is 6.13. The molecule has 19 heavy (non-hydrogen) atoms. The highest BCUT2D eigenvalue weighted by Crippen LogP contribution is 2.51. The Kier molecular flexibility index (Phi) is 3.36. The first-order chi connectivity index (χ1) is 9.01. The number of benzene rings is 1. The second-order valence-electron chi connectivity index (χ2n) is 6.05. The maximum absolute atomic E-state index is 6.13. The van der Waals surface area contributed by atoms with Crippen LogP contribution in [0.4, 0.5) is 0 Å². The van der Waals surface area contributed by atoms with Crippen molar-refractivity contribution in [2.45, 2.75) is 37.3 Å². The van der Waals surface area contributed by atoms with Crippen LogP contribution in [0.5, 0.6) is 5.75 Å². The first kappa shape index (κ1) is 13.4. The lowest BCUT2D eigenvalue weighted by molar-refractivity contribution is 0.0383. The van der Waals surface area contributed by atoms with Crippen molar-refractivity contribution in [2.75, 3.05) is 20.1 Å². The van der Waals surface area contributed by atoms with Crippen molar-refractivity contribution in [3.05, 3.63) is 28.2 Å². The van der Waals surface area contributed by atoms with Crippen LogP contribution in [0.25, 0.3) is 0 Å². The van der Waals surface area contributed by atoms with E-state index in [1.807, 2.05) is 0 Å². The van der Waals surface area contributed by atoms with Crippen molar-refractivity contribution in [3.8, 4) is 5.75 Å². The molecular formula is C15H21BrN2O. The SMILES string of the molecule is CC(N)C1(c2ccc(OC3CN(C)C3)c(Br)c2)CC1. The minimum absolute atomic E-state index is 0.206. The van der Waals surface area contributed by atoms with E-state index in [4.69, 9.17) is 10.5 Å². The molecule has 3 rings (SSSR count). The zero-order chi connectivity index (χ0) is 13.6. The highest BCUT2D eigenvalue weighted by Gasteiger charge is 2.47. The molecule has 104 valence electrons. The van der Waals surface area contributed by atoms with E-state index in [1.54, 1.807) is 0 Å². The Labute approximate surface area is 123 Å². The number of hydrogen-bond acceptors (Lipinski definition) is 3. The summed E-state index contributed by atoms with van der Waals surface area (Å²) in [7, 11) is 2.11. The van der Waals surface area contributed by atoms with Crippen molar-refractivity contribution >= 4 is 15.9 Å². The smallest absolute Gasteiger partial charge is 0.134 e. The summed E-state index contributed by atoms with van der Waals surface area (Å²) in [6.07, 6.45) is 2.73. The first-order valence-corrected chi connectivity index (χ1v) is 7.71. The van der Waals surface area contributed by atoms with Crippen LogP contribution in [0.1, 0.15) is 25.3 Å². The molecule has 1 aromatic carbocycles. The van der Waals surface area contributed by atoms with Gasteiger partial charge in [0.25, 0.3) is 0 Å². The molecule has 2 N–H and O–H groups in total. The first-order valence-electron chi connectivity index (χ1n) is 6.92. The third-order valence-electron chi connectivity index (χ3n) is 4.49. The van der Waals surface area contributed by atoms with Crippen molar-refractivity contribution < 1.29 is 4.74 Å². The summed E-state index contributed by atoms with van der Waals surface area (Å²) >= 11 is 3.63. The number of halogens is 1. The predicted molar refractivity (Wildman–Crippen MR) is 80.6 cm³/mol. The van der Waals surface area contributed by atoms with Crippen molar-refractivity contribution in [3.63, 3.8) is 0 Å². The van der Waals surface area contributed by atoms with Crippen LogP contribution in [-0.2, 0) is 5.41 Å². The van der Waals surface area contributed by atoms with Gasteiger partial charge < -0.3 is 10.5 Å². The van der Waals surface area contributed by atoms with Gasteiger partial charge in [-0.15, -0.1) is 0 Å². The van der Waals surface area contributed by atoms with Gasteiger partial charge in [0, 0.05) is 24.5 Å². The van der Waals surface area contributed by atoms with E-state index in [0.717, 1.165) is 23.3 Å². The lowest BCUT2D eigenvalue weighted by atomic mass is 9.89. The zero-order valence-corrected chi connectivity index (χ0v) is 13.1. The molecule has 2 fully saturated rings. The third kappa shape index (κ3) is 2.41. The fourth-order valence-corrected chi connectivity index (χ4v) is 3.42. The van der Waals surface area contributed by atoms with Gasteiger partial charge in [-0.25, -0.2) is 0 Å². The predicted octanol–water partition coefficient (Wildman–Crippen LogP) is 2.52. The molecule has 4 heteroatoms. The highest BCUT2D eigenvalue weighted by atomic mass is 79.9. The number of ether oxygens (including phenoxy) is 1. The number of nitrogens with two attached hydrogens (primary N) is 1. The molecule has 1 aliphatic heterocycles. The summed E-state index contributed by atoms with van der Waals surface area (Å²) < 4.78 is 7.03. The van der Waals surface area contributed by atoms with E-state index >= 15 is 0 Å². The minimum atomic E-state index is 0.206. The monoisotopic (exact) mass is 324 g/mol. The summed E-state index contributed by atoms with van der Waals surface area (Å²) in [5.74, 6) is 0.947. The number of likely N-dealkylation sites (N-methyl/N-ethyl adjacent to an activating group) is 1. The minimum Gasteiger partial charge on any atom is -0.487 e. The second kappa shape index (κ2) is 4.76. The van der Waals surface area contributed by atoms with Crippen LogP contribution in [0.2, 0.25) is 0 Å². The van der Waals surface area contributed by atoms with Gasteiger partial charge in [-0.3, -0.25) is 4.90 Å². The molecule has 1 unspecified atom stereocenters. The molecule has 0 bridgehead atoms. The lowest BCUT2D eigenvalue weighted by Gasteiger charge is -2.36. The second-order valence-corrected chi connectivity index (χ2v) is 6.91. The Hall–Kier alpha value is -0.580. The molecular weight excluding hydrogens is 304 g/mol. The van der Waals surface area contributed by atoms with Gasteiger partial charge in [0.15, 0.2) is 0 Å². The molecule has 0 amide bonds. The van der Waals surface area contributed by atoms with Crippen LogP contribution < -0.4 is 10.5 Å². The average Bonchev–Trinajstić information content (AvgIpc) is 3.10. The van der Waals surface area contributed by atoms with Gasteiger partial charge in [0.05, 0.1) is 4.47 Å². The van der Waals surface area contributed by atoms with Gasteiger partial charge in [-0.2, -0.15) is 0 Å². The molecule has 3 nitrogen and oxygen atoms in total. The molecule has 1 saturated carbocycles. The third-order valence-corrected chi connectivity index (χ3v) is 5.11. The van der Waals surface area contributed by atoms with E-state index in [-0.39, 0.29) is 11.5 Å². The van der Waals surface area contributed by atoms with E-state index < -0.39 is 0 Å². The van der Waals surface area contributed by atoms with Gasteiger partial charge >= 0.3 is 0 Å². The van der Waals surface area contributed by atoms with Crippen LogP contribution in [-0.4, -0.2) is 37.2 Å². The summed E-state index contributed by atoms with van der Waals surface area (Å²) in [4.78, 5) is 2.25. The molecule has 1 aromatic rings. The van der Waals surface area contributed by atoms with Crippen LogP contribution in [0, 0.1) is 0 Å². The molecule has 1 saturated heterocycles. The fourth-order valence-electron chi connectivity index (χ4n) is 2.94. The van der Waals surface area contributed by atoms with Crippen molar-refractivity contribution in [1.29, 1.82) is 0 Å². The van der Waals surface area contributed by atoms with Gasteiger partial charge in [0.2, 0.25) is 0 Å². The Morgan fingerprint density at radius 2 is 2.11 bits per heavy atom. The Bertz CT molecular complexity index is 479. The van der Waals surface area contributed by atoms with E-state index in [2.05, 4.69) is 53.0 Å². The summed E-state index contributed by atoms with van der Waals surface area (Å²) in [5, 5.41) is 0. The zero-order valence-electron chi connectivity index (χ0n) is 11.5. The Morgan fingerprint density at radius 1 is 1.42 bits per heavy atom. The maximum Gasteiger partial charge on any atom is 0.134 e. The Balaban J connectivity index is 1.75. The van der Waals surface area contributed by atoms with Gasteiger partial charge in [0.1, 0.15) is 11.9 Å². The molecule has 0 radical (unpaired) electrons. The number of nitrogens with zero attached hydrogens (tertiary/aromatic N) is 1. The standard InChI is InChI=1S/C15H21BrN2O/c1-10(17)15(5-6-15)11-3-4-14(13(16)7-11)19-12-8-18(2)9-12/h3-4,7,10,12H,5-6,8-9,17H2,1-2H3. The van der Waals surface area contributed by atoms with Crippen LogP contribution in [0.15, 0.2) is 22.7 Å². The van der Waals surface area contributed by atoms with E-state index in [0.29, 0.717) is 6.10 Å². The number of hydrogen-bond donors (Lipinski definition) is 1. The fraction of sp³-hybridized carbons (Fsp3) is 0.600. The molecule has 0 aromatic heterocycles. The van der Waals surface area contributed by atoms with E-state index in [1.165, 1.54) is 18.4 Å². The van der Waals surface area contributed by atoms with Crippen molar-refractivity contribution in [1.82, 2.24) is 4.90 Å². The molecule has 0 spiro atoms. The Morgan fingerprint density at radius 3 is 2.58 bits per heavy atom. The molecule has 1 heterocycles. The van der Waals surface area contributed by atoms with Crippen molar-refractivity contribution in [2.24, 2.45) is 5.73 Å². The van der Waals surface area contributed by atoms with Gasteiger partial charge in [-0.1, -0.05) is 6.07 Å². The molecule has 2 aliphatic rings. The quantitative estimate of drug-likeness (QED) is 0.924. The van der Waals surface area contributed by atoms with Crippen LogP contribution >= 0.6 is 15.9 Å². The normalized spacial score (nSPS) is 23.8. The number of likely N-dealkylation sites (tertiary alicyclic amines) is 1. The summed E-state index contributed by atoms with van der Waals surface area (Å²) in [6, 6.07) is 6.67. The molecule has 1 aliphatic carbocycles.